The summed E-state index contributed by atoms with van der Waals surface area (Å²) in [7, 11) is 0. The lowest BCUT2D eigenvalue weighted by atomic mass is 10.1. The zero-order chi connectivity index (χ0) is 20.9. The Hall–Kier alpha value is -3.10. The van der Waals surface area contributed by atoms with Crippen LogP contribution in [0.15, 0.2) is 65.1 Å². The summed E-state index contributed by atoms with van der Waals surface area (Å²) in [5, 5.41) is 4.58. The van der Waals surface area contributed by atoms with Gasteiger partial charge in [0.2, 0.25) is 0 Å². The average Bonchev–Trinajstić information content (AvgIpc) is 3.43. The van der Waals surface area contributed by atoms with Crippen molar-refractivity contribution in [2.24, 2.45) is 4.99 Å². The van der Waals surface area contributed by atoms with E-state index in [1.807, 2.05) is 0 Å². The second-order valence-corrected chi connectivity index (χ2v) is 7.77. The van der Waals surface area contributed by atoms with Crippen LogP contribution in [0.2, 0.25) is 0 Å². The van der Waals surface area contributed by atoms with Gasteiger partial charge in [-0.15, -0.1) is 11.3 Å². The molecular formula is C22H20FN3O3S. The monoisotopic (exact) mass is 425 g/mol. The Morgan fingerprint density at radius 3 is 2.90 bits per heavy atom. The van der Waals surface area contributed by atoms with E-state index in [0.29, 0.717) is 34.6 Å². The molecule has 1 N–H and O–H groups in total. The number of hydrogen-bond acceptors (Lipinski definition) is 4. The van der Waals surface area contributed by atoms with Gasteiger partial charge in [0.05, 0.1) is 6.54 Å². The SMILES string of the molecule is O=C(N=c1sccn1Cc1ccccc1F)c1cccc(NC(=O)C2CCCO2)c1. The highest BCUT2D eigenvalue weighted by Crippen LogP contribution is 2.17. The highest BCUT2D eigenvalue weighted by molar-refractivity contribution is 7.07. The molecule has 1 aromatic heterocycles. The number of nitrogens with zero attached hydrogens (tertiary/aromatic N) is 2. The van der Waals surface area contributed by atoms with E-state index in [4.69, 9.17) is 4.74 Å². The van der Waals surface area contributed by atoms with Crippen molar-refractivity contribution in [2.45, 2.75) is 25.5 Å². The van der Waals surface area contributed by atoms with Gasteiger partial charge in [-0.1, -0.05) is 24.3 Å². The van der Waals surface area contributed by atoms with Crippen molar-refractivity contribution in [1.82, 2.24) is 4.57 Å². The van der Waals surface area contributed by atoms with Crippen LogP contribution in [0.4, 0.5) is 10.1 Å². The third-order valence-electron chi connectivity index (χ3n) is 4.75. The smallest absolute Gasteiger partial charge is 0.279 e. The van der Waals surface area contributed by atoms with Crippen LogP contribution in [0.3, 0.4) is 0 Å². The maximum atomic E-state index is 14.0. The molecule has 6 nitrogen and oxygen atoms in total. The van der Waals surface area contributed by atoms with Gasteiger partial charge in [0, 0.05) is 35.0 Å². The van der Waals surface area contributed by atoms with Gasteiger partial charge in [-0.25, -0.2) is 4.39 Å². The number of carbonyl (C=O) groups excluding carboxylic acids is 2. The van der Waals surface area contributed by atoms with Crippen LogP contribution in [0.1, 0.15) is 28.8 Å². The first-order valence-electron chi connectivity index (χ1n) is 9.59. The molecule has 0 radical (unpaired) electrons. The standard InChI is InChI=1S/C22H20FN3O3S/c23-18-8-2-1-5-16(18)14-26-10-12-30-22(26)25-20(27)15-6-3-7-17(13-15)24-21(28)19-9-4-11-29-19/h1-3,5-8,10,12-13,19H,4,9,11,14H2,(H,24,28). The molecule has 0 spiro atoms. The number of amides is 2. The Bertz CT molecular complexity index is 1130. The molecule has 3 aromatic rings. The number of rotatable bonds is 5. The minimum Gasteiger partial charge on any atom is -0.368 e. The Labute approximate surface area is 176 Å². The highest BCUT2D eigenvalue weighted by Gasteiger charge is 2.23. The Morgan fingerprint density at radius 2 is 2.10 bits per heavy atom. The maximum Gasteiger partial charge on any atom is 0.279 e. The molecule has 1 saturated heterocycles. The van der Waals surface area contributed by atoms with Crippen LogP contribution in [-0.2, 0) is 16.1 Å². The molecule has 0 saturated carbocycles. The summed E-state index contributed by atoms with van der Waals surface area (Å²) in [5.74, 6) is -0.953. The van der Waals surface area contributed by atoms with Crippen LogP contribution in [-0.4, -0.2) is 29.1 Å². The molecule has 8 heteroatoms. The second kappa shape index (κ2) is 9.15. The zero-order valence-corrected chi connectivity index (χ0v) is 16.9. The van der Waals surface area contributed by atoms with E-state index in [2.05, 4.69) is 10.3 Å². The largest absolute Gasteiger partial charge is 0.368 e. The van der Waals surface area contributed by atoms with Crippen molar-refractivity contribution < 1.29 is 18.7 Å². The number of carbonyl (C=O) groups is 2. The molecule has 1 aliphatic heterocycles. The van der Waals surface area contributed by atoms with Crippen LogP contribution < -0.4 is 10.1 Å². The van der Waals surface area contributed by atoms with Gasteiger partial charge >= 0.3 is 0 Å². The lowest BCUT2D eigenvalue weighted by molar-refractivity contribution is -0.124. The van der Waals surface area contributed by atoms with Crippen molar-refractivity contribution in [1.29, 1.82) is 0 Å². The molecule has 1 fully saturated rings. The summed E-state index contributed by atoms with van der Waals surface area (Å²) in [6.45, 7) is 0.864. The second-order valence-electron chi connectivity index (χ2n) is 6.89. The molecule has 0 bridgehead atoms. The summed E-state index contributed by atoms with van der Waals surface area (Å²) in [6, 6.07) is 13.1. The number of benzene rings is 2. The minimum absolute atomic E-state index is 0.213. The number of aromatic nitrogens is 1. The van der Waals surface area contributed by atoms with Gasteiger partial charge in [0.1, 0.15) is 11.9 Å². The molecular weight excluding hydrogens is 405 g/mol. The molecule has 2 amide bonds. The number of nitrogens with one attached hydrogen (secondary N) is 1. The third-order valence-corrected chi connectivity index (χ3v) is 5.55. The fourth-order valence-corrected chi connectivity index (χ4v) is 3.93. The normalized spacial score (nSPS) is 16.6. The Morgan fingerprint density at radius 1 is 1.23 bits per heavy atom. The first-order chi connectivity index (χ1) is 14.6. The van der Waals surface area contributed by atoms with Crippen molar-refractivity contribution in [3.63, 3.8) is 0 Å². The van der Waals surface area contributed by atoms with Gasteiger partial charge in [-0.2, -0.15) is 4.99 Å². The van der Waals surface area contributed by atoms with E-state index in [1.165, 1.54) is 17.4 Å². The van der Waals surface area contributed by atoms with Gasteiger partial charge in [0.25, 0.3) is 11.8 Å². The van der Waals surface area contributed by atoms with Crippen molar-refractivity contribution >= 4 is 28.8 Å². The Kier molecular flexibility index (Phi) is 6.15. The van der Waals surface area contributed by atoms with Gasteiger partial charge in [-0.05, 0) is 37.1 Å². The first-order valence-corrected chi connectivity index (χ1v) is 10.5. The third kappa shape index (κ3) is 4.72. The zero-order valence-electron chi connectivity index (χ0n) is 16.1. The van der Waals surface area contributed by atoms with E-state index in [1.54, 1.807) is 58.6 Å². The summed E-state index contributed by atoms with van der Waals surface area (Å²) < 4.78 is 21.1. The lowest BCUT2D eigenvalue weighted by Gasteiger charge is -2.10. The van der Waals surface area contributed by atoms with Crippen LogP contribution in [0.25, 0.3) is 0 Å². The quantitative estimate of drug-likeness (QED) is 0.679. The molecule has 1 atom stereocenters. The Balaban J connectivity index is 1.52. The number of thiazole rings is 1. The van der Waals surface area contributed by atoms with Crippen LogP contribution in [0, 0.1) is 5.82 Å². The molecule has 1 unspecified atom stereocenters. The van der Waals surface area contributed by atoms with Crippen LogP contribution >= 0.6 is 11.3 Å². The predicted molar refractivity (Wildman–Crippen MR) is 112 cm³/mol. The van der Waals surface area contributed by atoms with Gasteiger partial charge in [0.15, 0.2) is 4.80 Å². The van der Waals surface area contributed by atoms with E-state index in [0.717, 1.165) is 6.42 Å². The number of halogens is 1. The average molecular weight is 425 g/mol. The van der Waals surface area contributed by atoms with Gasteiger partial charge < -0.3 is 14.6 Å². The molecule has 30 heavy (non-hydrogen) atoms. The van der Waals surface area contributed by atoms with Crippen molar-refractivity contribution in [3.8, 4) is 0 Å². The number of hydrogen-bond donors (Lipinski definition) is 1. The number of ether oxygens (including phenoxy) is 1. The summed E-state index contributed by atoms with van der Waals surface area (Å²) in [5.41, 5.74) is 1.39. The van der Waals surface area contributed by atoms with E-state index < -0.39 is 12.0 Å². The first kappa shape index (κ1) is 20.2. The minimum atomic E-state index is -0.447. The van der Waals surface area contributed by atoms with Crippen molar-refractivity contribution in [2.75, 3.05) is 11.9 Å². The van der Waals surface area contributed by atoms with Crippen molar-refractivity contribution in [3.05, 3.63) is 81.9 Å². The van der Waals surface area contributed by atoms with E-state index in [9.17, 15) is 14.0 Å². The maximum absolute atomic E-state index is 14.0. The number of anilines is 1. The molecule has 2 heterocycles. The summed E-state index contributed by atoms with van der Waals surface area (Å²) >= 11 is 1.30. The molecule has 2 aromatic carbocycles. The summed E-state index contributed by atoms with van der Waals surface area (Å²) in [4.78, 5) is 29.6. The molecule has 1 aliphatic rings. The predicted octanol–water partition coefficient (Wildman–Crippen LogP) is 3.60. The van der Waals surface area contributed by atoms with Gasteiger partial charge in [-0.3, -0.25) is 9.59 Å². The fraction of sp³-hybridized carbons (Fsp3) is 0.227. The topological polar surface area (TPSA) is 72.7 Å². The molecule has 0 aliphatic carbocycles. The lowest BCUT2D eigenvalue weighted by Crippen LogP contribution is -2.26. The van der Waals surface area contributed by atoms with E-state index >= 15 is 0 Å². The summed E-state index contributed by atoms with van der Waals surface area (Å²) in [6.07, 6.45) is 2.88. The molecule has 4 rings (SSSR count). The highest BCUT2D eigenvalue weighted by atomic mass is 32.1. The fourth-order valence-electron chi connectivity index (χ4n) is 3.21. The molecule has 154 valence electrons. The van der Waals surface area contributed by atoms with Crippen LogP contribution in [0.5, 0.6) is 0 Å². The van der Waals surface area contributed by atoms with E-state index in [-0.39, 0.29) is 18.3 Å².